The molecule has 2 N–H and O–H groups in total. The summed E-state index contributed by atoms with van der Waals surface area (Å²) in [5.74, 6) is 0.180. The highest BCUT2D eigenvalue weighted by atomic mass is 19.1. The first kappa shape index (κ1) is 12.3. The number of rotatable bonds is 2. The van der Waals surface area contributed by atoms with E-state index in [9.17, 15) is 4.39 Å². The van der Waals surface area contributed by atoms with Crippen LogP contribution in [0, 0.1) is 12.7 Å². The molecule has 1 aromatic carbocycles. The number of hydrogen-bond donors (Lipinski definition) is 1. The van der Waals surface area contributed by atoms with E-state index in [0.29, 0.717) is 17.2 Å². The van der Waals surface area contributed by atoms with Crippen LogP contribution >= 0.6 is 0 Å². The number of halogens is 1. The van der Waals surface area contributed by atoms with E-state index < -0.39 is 0 Å². The molecule has 0 atom stereocenters. The van der Waals surface area contributed by atoms with Crippen molar-refractivity contribution in [3.63, 3.8) is 0 Å². The largest absolute Gasteiger partial charge is 0.383 e. The van der Waals surface area contributed by atoms with E-state index in [1.54, 1.807) is 10.7 Å². The van der Waals surface area contributed by atoms with Crippen LogP contribution in [-0.4, -0.2) is 14.8 Å². The molecule has 5 heteroatoms. The van der Waals surface area contributed by atoms with Gasteiger partial charge in [-0.1, -0.05) is 18.2 Å². The minimum atomic E-state index is -0.373. The summed E-state index contributed by atoms with van der Waals surface area (Å²) < 4.78 is 14.6. The maximum absolute atomic E-state index is 12.9. The second kappa shape index (κ2) is 4.77. The summed E-state index contributed by atoms with van der Waals surface area (Å²) in [6.45, 7) is 1.88. The predicted molar refractivity (Wildman–Crippen MR) is 75.9 cm³/mol. The van der Waals surface area contributed by atoms with Gasteiger partial charge in [-0.05, 0) is 31.2 Å². The number of para-hydroxylation sites is 1. The molecule has 0 unspecified atom stereocenters. The lowest BCUT2D eigenvalue weighted by molar-refractivity contribution is 0.621. The van der Waals surface area contributed by atoms with Crippen molar-refractivity contribution in [2.45, 2.75) is 6.92 Å². The molecule has 0 aliphatic rings. The van der Waals surface area contributed by atoms with Crippen molar-refractivity contribution in [2.75, 3.05) is 5.73 Å². The highest BCUT2D eigenvalue weighted by Crippen LogP contribution is 2.27. The molecular weight excluding hydrogens is 255 g/mol. The Bertz CT molecular complexity index is 733. The number of pyridine rings is 1. The molecule has 0 bridgehead atoms. The highest BCUT2D eigenvalue weighted by Gasteiger charge is 2.15. The molecule has 2 aromatic heterocycles. The van der Waals surface area contributed by atoms with Gasteiger partial charge in [0.2, 0.25) is 0 Å². The van der Waals surface area contributed by atoms with E-state index in [-0.39, 0.29) is 5.82 Å². The van der Waals surface area contributed by atoms with E-state index in [0.717, 1.165) is 11.3 Å². The summed E-state index contributed by atoms with van der Waals surface area (Å²) in [7, 11) is 0. The van der Waals surface area contributed by atoms with Crippen molar-refractivity contribution in [2.24, 2.45) is 0 Å². The Morgan fingerprint density at radius 2 is 1.85 bits per heavy atom. The van der Waals surface area contributed by atoms with Gasteiger partial charge in [0.15, 0.2) is 0 Å². The third-order valence-electron chi connectivity index (χ3n) is 3.14. The molecule has 0 aliphatic heterocycles. The average Bonchev–Trinajstić information content (AvgIpc) is 2.77. The van der Waals surface area contributed by atoms with E-state index >= 15 is 0 Å². The molecule has 20 heavy (non-hydrogen) atoms. The van der Waals surface area contributed by atoms with Crippen LogP contribution < -0.4 is 5.73 Å². The van der Waals surface area contributed by atoms with Gasteiger partial charge in [-0.2, -0.15) is 5.10 Å². The fraction of sp³-hybridized carbons (Fsp3) is 0.0667. The van der Waals surface area contributed by atoms with Gasteiger partial charge in [-0.15, -0.1) is 0 Å². The van der Waals surface area contributed by atoms with Gasteiger partial charge in [-0.25, -0.2) is 9.07 Å². The molecule has 3 rings (SSSR count). The minimum Gasteiger partial charge on any atom is -0.383 e. The molecule has 100 valence electrons. The van der Waals surface area contributed by atoms with Crippen LogP contribution in [0.2, 0.25) is 0 Å². The van der Waals surface area contributed by atoms with Gasteiger partial charge in [0.1, 0.15) is 17.3 Å². The van der Waals surface area contributed by atoms with Gasteiger partial charge >= 0.3 is 0 Å². The summed E-state index contributed by atoms with van der Waals surface area (Å²) in [6.07, 6.45) is 1.17. The van der Waals surface area contributed by atoms with Gasteiger partial charge in [0.05, 0.1) is 17.6 Å². The summed E-state index contributed by atoms with van der Waals surface area (Å²) >= 11 is 0. The number of aromatic nitrogens is 3. The minimum absolute atomic E-state index is 0.373. The molecule has 0 saturated carbocycles. The summed E-state index contributed by atoms with van der Waals surface area (Å²) in [4.78, 5) is 4.05. The van der Waals surface area contributed by atoms with Crippen LogP contribution in [0.1, 0.15) is 5.56 Å². The molecule has 0 spiro atoms. The van der Waals surface area contributed by atoms with E-state index in [1.807, 2.05) is 37.3 Å². The fourth-order valence-corrected chi connectivity index (χ4v) is 2.03. The number of benzene rings is 1. The number of anilines is 1. The van der Waals surface area contributed by atoms with Crippen LogP contribution in [0.3, 0.4) is 0 Å². The van der Waals surface area contributed by atoms with Crippen LogP contribution in [0.5, 0.6) is 0 Å². The molecule has 4 nitrogen and oxygen atoms in total. The number of nitrogen functional groups attached to an aromatic ring is 1. The smallest absolute Gasteiger partial charge is 0.141 e. The molecule has 0 aliphatic carbocycles. The maximum Gasteiger partial charge on any atom is 0.141 e. The fourth-order valence-electron chi connectivity index (χ4n) is 2.03. The first-order valence-corrected chi connectivity index (χ1v) is 6.19. The normalized spacial score (nSPS) is 10.7. The van der Waals surface area contributed by atoms with E-state index in [4.69, 9.17) is 5.73 Å². The van der Waals surface area contributed by atoms with Crippen molar-refractivity contribution < 1.29 is 4.39 Å². The Hall–Kier alpha value is -2.69. The summed E-state index contributed by atoms with van der Waals surface area (Å²) in [6, 6.07) is 12.6. The highest BCUT2D eigenvalue weighted by molar-refractivity contribution is 5.66. The van der Waals surface area contributed by atoms with Gasteiger partial charge in [0.25, 0.3) is 0 Å². The third kappa shape index (κ3) is 2.03. The Morgan fingerprint density at radius 3 is 2.50 bits per heavy atom. The van der Waals surface area contributed by atoms with E-state index in [1.165, 1.54) is 12.3 Å². The maximum atomic E-state index is 12.9. The first-order valence-electron chi connectivity index (χ1n) is 6.19. The van der Waals surface area contributed by atoms with Crippen LogP contribution in [0.25, 0.3) is 17.1 Å². The lowest BCUT2D eigenvalue weighted by atomic mass is 10.2. The number of nitrogens with zero attached hydrogens (tertiary/aromatic N) is 3. The molecule has 0 amide bonds. The topological polar surface area (TPSA) is 56.7 Å². The van der Waals surface area contributed by atoms with E-state index in [2.05, 4.69) is 10.1 Å². The molecular formula is C15H13FN4. The monoisotopic (exact) mass is 268 g/mol. The first-order chi connectivity index (χ1) is 9.66. The second-order valence-electron chi connectivity index (χ2n) is 4.47. The Labute approximate surface area is 115 Å². The zero-order valence-electron chi connectivity index (χ0n) is 10.9. The standard InChI is InChI=1S/C15H13FN4/c1-10-14(13-8-7-11(16)9-18-13)19-20(15(10)17)12-5-3-2-4-6-12/h2-9H,17H2,1H3. The Morgan fingerprint density at radius 1 is 1.10 bits per heavy atom. The molecule has 0 saturated heterocycles. The second-order valence-corrected chi connectivity index (χ2v) is 4.47. The van der Waals surface area contributed by atoms with Gasteiger partial charge in [-0.3, -0.25) is 4.98 Å². The van der Waals surface area contributed by atoms with Crippen molar-refractivity contribution in [1.82, 2.24) is 14.8 Å². The molecule has 3 aromatic rings. The number of nitrogens with two attached hydrogens (primary N) is 1. The average molecular weight is 268 g/mol. The lowest BCUT2D eigenvalue weighted by Crippen LogP contribution is -2.01. The zero-order chi connectivity index (χ0) is 14.1. The SMILES string of the molecule is Cc1c(-c2ccc(F)cn2)nn(-c2ccccc2)c1N. The number of hydrogen-bond acceptors (Lipinski definition) is 3. The summed E-state index contributed by atoms with van der Waals surface area (Å²) in [5, 5.41) is 4.49. The lowest BCUT2D eigenvalue weighted by Gasteiger charge is -2.02. The molecule has 0 fully saturated rings. The van der Waals surface area contributed by atoms with Crippen LogP contribution in [0.4, 0.5) is 10.2 Å². The molecule has 2 heterocycles. The van der Waals surface area contributed by atoms with Crippen molar-refractivity contribution in [1.29, 1.82) is 0 Å². The van der Waals surface area contributed by atoms with Crippen LogP contribution in [0.15, 0.2) is 48.7 Å². The molecule has 0 radical (unpaired) electrons. The predicted octanol–water partition coefficient (Wildman–Crippen LogP) is 2.96. The Balaban J connectivity index is 2.13. The quantitative estimate of drug-likeness (QED) is 0.777. The zero-order valence-corrected chi connectivity index (χ0v) is 10.9. The summed E-state index contributed by atoms with van der Waals surface area (Å²) in [5.41, 5.74) is 9.07. The van der Waals surface area contributed by atoms with Crippen molar-refractivity contribution in [3.05, 3.63) is 60.0 Å². The Kier molecular flexibility index (Phi) is 2.95. The van der Waals surface area contributed by atoms with Crippen LogP contribution in [-0.2, 0) is 0 Å². The van der Waals surface area contributed by atoms with Crippen molar-refractivity contribution >= 4 is 5.82 Å². The third-order valence-corrected chi connectivity index (χ3v) is 3.14. The van der Waals surface area contributed by atoms with Gasteiger partial charge < -0.3 is 5.73 Å². The van der Waals surface area contributed by atoms with Crippen molar-refractivity contribution in [3.8, 4) is 17.1 Å². The van der Waals surface area contributed by atoms with Gasteiger partial charge in [0, 0.05) is 5.56 Å².